The summed E-state index contributed by atoms with van der Waals surface area (Å²) in [5.41, 5.74) is 6.23. The van der Waals surface area contributed by atoms with E-state index < -0.39 is 0 Å². The van der Waals surface area contributed by atoms with E-state index in [1.54, 1.807) is 22.7 Å². The van der Waals surface area contributed by atoms with E-state index in [0.29, 0.717) is 0 Å². The number of fused-ring (bicyclic) bond motifs is 1. The maximum atomic E-state index is 6.23. The average molecular weight is 260 g/mol. The molecule has 2 nitrogen and oxygen atoms in total. The van der Waals surface area contributed by atoms with Crippen LogP contribution < -0.4 is 5.73 Å². The highest BCUT2D eigenvalue weighted by molar-refractivity contribution is 7.19. The topological polar surface area (TPSA) is 38.9 Å². The van der Waals surface area contributed by atoms with Gasteiger partial charge in [-0.3, -0.25) is 0 Å². The summed E-state index contributed by atoms with van der Waals surface area (Å²) in [7, 11) is 0. The minimum atomic E-state index is 0.0542. The molecule has 0 aliphatic heterocycles. The second kappa shape index (κ2) is 4.56. The zero-order valence-corrected chi connectivity index (χ0v) is 10.8. The number of benzene rings is 1. The van der Waals surface area contributed by atoms with Crippen LogP contribution in [0, 0.1) is 0 Å². The summed E-state index contributed by atoms with van der Waals surface area (Å²) in [4.78, 5) is 5.52. The molecule has 1 unspecified atom stereocenters. The van der Waals surface area contributed by atoms with Gasteiger partial charge in [0.15, 0.2) is 0 Å². The Kier molecular flexibility index (Phi) is 2.93. The molecule has 0 aliphatic rings. The molecule has 2 aromatic heterocycles. The van der Waals surface area contributed by atoms with Crippen molar-refractivity contribution in [1.82, 2.24) is 4.98 Å². The molecule has 0 bridgehead atoms. The van der Waals surface area contributed by atoms with Gasteiger partial charge in [0, 0.05) is 33.6 Å². The van der Waals surface area contributed by atoms with Crippen molar-refractivity contribution in [3.8, 4) is 0 Å². The predicted octanol–water partition coefficient (Wildman–Crippen LogP) is 3.60. The quantitative estimate of drug-likeness (QED) is 0.781. The molecule has 0 fully saturated rings. The Labute approximate surface area is 108 Å². The number of hydrogen-bond donors (Lipinski definition) is 1. The number of aromatic nitrogens is 1. The van der Waals surface area contributed by atoms with Gasteiger partial charge in [-0.15, -0.1) is 22.7 Å². The molecule has 0 saturated heterocycles. The molecule has 17 heavy (non-hydrogen) atoms. The molecule has 1 atom stereocenters. The summed E-state index contributed by atoms with van der Waals surface area (Å²) in [5.74, 6) is 0. The van der Waals surface area contributed by atoms with E-state index in [1.807, 2.05) is 11.6 Å². The molecule has 86 valence electrons. The normalized spacial score (nSPS) is 13.0. The van der Waals surface area contributed by atoms with Crippen molar-refractivity contribution in [3.63, 3.8) is 0 Å². The fraction of sp³-hybridized carbons (Fsp3) is 0.154. The largest absolute Gasteiger partial charge is 0.323 e. The molecule has 0 aliphatic carbocycles. The first-order chi connectivity index (χ1) is 8.33. The van der Waals surface area contributed by atoms with Crippen LogP contribution in [0.3, 0.4) is 0 Å². The lowest BCUT2D eigenvalue weighted by Gasteiger charge is -2.06. The van der Waals surface area contributed by atoms with Gasteiger partial charge in [-0.2, -0.15) is 0 Å². The van der Waals surface area contributed by atoms with Gasteiger partial charge in [-0.05, 0) is 17.5 Å². The van der Waals surface area contributed by atoms with Gasteiger partial charge in [-0.1, -0.05) is 18.2 Å². The summed E-state index contributed by atoms with van der Waals surface area (Å²) in [6.45, 7) is 0. The highest BCUT2D eigenvalue weighted by atomic mass is 32.1. The van der Waals surface area contributed by atoms with Crippen molar-refractivity contribution < 1.29 is 0 Å². The van der Waals surface area contributed by atoms with Crippen LogP contribution in [-0.4, -0.2) is 4.98 Å². The molecule has 4 heteroatoms. The maximum Gasteiger partial charge on any atom is 0.0944 e. The van der Waals surface area contributed by atoms with Gasteiger partial charge < -0.3 is 5.73 Å². The lowest BCUT2D eigenvalue weighted by Crippen LogP contribution is -2.11. The van der Waals surface area contributed by atoms with Gasteiger partial charge in [0.1, 0.15) is 0 Å². The third-order valence-corrected chi connectivity index (χ3v) is 4.74. The SMILES string of the molecule is NC(Cc1nccs1)c1cc2ccccc2s1. The molecule has 0 spiro atoms. The molecular formula is C13H12N2S2. The molecule has 3 rings (SSSR count). The summed E-state index contributed by atoms with van der Waals surface area (Å²) in [6, 6.07) is 10.6. The first-order valence-electron chi connectivity index (χ1n) is 5.45. The zero-order chi connectivity index (χ0) is 11.7. The fourth-order valence-corrected chi connectivity index (χ4v) is 3.57. The average Bonchev–Trinajstić information content (AvgIpc) is 2.96. The van der Waals surface area contributed by atoms with Crippen LogP contribution in [0.1, 0.15) is 15.9 Å². The summed E-state index contributed by atoms with van der Waals surface area (Å²) < 4.78 is 1.30. The van der Waals surface area contributed by atoms with Gasteiger partial charge >= 0.3 is 0 Å². The minimum absolute atomic E-state index is 0.0542. The molecule has 1 aromatic carbocycles. The van der Waals surface area contributed by atoms with E-state index >= 15 is 0 Å². The molecule has 0 amide bonds. The highest BCUT2D eigenvalue weighted by Gasteiger charge is 2.11. The van der Waals surface area contributed by atoms with Gasteiger partial charge in [-0.25, -0.2) is 4.98 Å². The second-order valence-corrected chi connectivity index (χ2v) is 6.02. The van der Waals surface area contributed by atoms with Gasteiger partial charge in [0.25, 0.3) is 0 Å². The van der Waals surface area contributed by atoms with Crippen LogP contribution in [0.25, 0.3) is 10.1 Å². The first kappa shape index (κ1) is 10.9. The maximum absolute atomic E-state index is 6.23. The molecule has 3 aromatic rings. The number of thiazole rings is 1. The molecule has 0 radical (unpaired) electrons. The Morgan fingerprint density at radius 2 is 2.18 bits per heavy atom. The molecular weight excluding hydrogens is 248 g/mol. The van der Waals surface area contributed by atoms with Crippen molar-refractivity contribution in [2.45, 2.75) is 12.5 Å². The second-order valence-electron chi connectivity index (χ2n) is 3.92. The Bertz CT molecular complexity index is 580. The van der Waals surface area contributed by atoms with Gasteiger partial charge in [0.05, 0.1) is 5.01 Å². The van der Waals surface area contributed by atoms with Crippen LogP contribution in [0.5, 0.6) is 0 Å². The summed E-state index contributed by atoms with van der Waals surface area (Å²) in [6.07, 6.45) is 2.65. The first-order valence-corrected chi connectivity index (χ1v) is 7.15. The smallest absolute Gasteiger partial charge is 0.0944 e. The van der Waals surface area contributed by atoms with Crippen molar-refractivity contribution in [3.05, 3.63) is 51.8 Å². The number of nitrogens with zero attached hydrogens (tertiary/aromatic N) is 1. The predicted molar refractivity (Wildman–Crippen MR) is 74.6 cm³/mol. The van der Waals surface area contributed by atoms with Gasteiger partial charge in [0.2, 0.25) is 0 Å². The summed E-state index contributed by atoms with van der Waals surface area (Å²) >= 11 is 3.45. The zero-order valence-electron chi connectivity index (χ0n) is 9.17. The van der Waals surface area contributed by atoms with Crippen LogP contribution in [0.4, 0.5) is 0 Å². The monoisotopic (exact) mass is 260 g/mol. The Morgan fingerprint density at radius 1 is 1.29 bits per heavy atom. The van der Waals surface area contributed by atoms with E-state index in [1.165, 1.54) is 15.0 Å². The van der Waals surface area contributed by atoms with E-state index in [4.69, 9.17) is 5.73 Å². The Morgan fingerprint density at radius 3 is 2.94 bits per heavy atom. The fourth-order valence-electron chi connectivity index (χ4n) is 1.83. The number of nitrogens with two attached hydrogens (primary N) is 1. The third-order valence-electron chi connectivity index (χ3n) is 2.69. The lowest BCUT2D eigenvalue weighted by molar-refractivity contribution is 0.732. The van der Waals surface area contributed by atoms with Crippen LogP contribution in [0.2, 0.25) is 0 Å². The molecule has 2 N–H and O–H groups in total. The van der Waals surface area contributed by atoms with E-state index in [9.17, 15) is 0 Å². The lowest BCUT2D eigenvalue weighted by atomic mass is 10.1. The number of thiophene rings is 1. The molecule has 0 saturated carbocycles. The van der Waals surface area contributed by atoms with E-state index in [-0.39, 0.29) is 6.04 Å². The van der Waals surface area contributed by atoms with E-state index in [2.05, 4.69) is 35.3 Å². The Balaban J connectivity index is 1.88. The number of rotatable bonds is 3. The van der Waals surface area contributed by atoms with Crippen molar-refractivity contribution in [1.29, 1.82) is 0 Å². The Hall–Kier alpha value is -1.23. The van der Waals surface area contributed by atoms with Crippen molar-refractivity contribution in [2.75, 3.05) is 0 Å². The number of hydrogen-bond acceptors (Lipinski definition) is 4. The van der Waals surface area contributed by atoms with Crippen LogP contribution >= 0.6 is 22.7 Å². The molecule has 2 heterocycles. The highest BCUT2D eigenvalue weighted by Crippen LogP contribution is 2.30. The minimum Gasteiger partial charge on any atom is -0.323 e. The third kappa shape index (κ3) is 2.24. The van der Waals surface area contributed by atoms with Crippen LogP contribution in [0.15, 0.2) is 41.9 Å². The van der Waals surface area contributed by atoms with Crippen LogP contribution in [-0.2, 0) is 6.42 Å². The van der Waals surface area contributed by atoms with E-state index in [0.717, 1.165) is 11.4 Å². The summed E-state index contributed by atoms with van der Waals surface area (Å²) in [5, 5.41) is 4.38. The van der Waals surface area contributed by atoms with Crippen molar-refractivity contribution in [2.24, 2.45) is 5.73 Å². The standard InChI is InChI=1S/C13H12N2S2/c14-10(8-13-15-5-6-16-13)12-7-9-3-1-2-4-11(9)17-12/h1-7,10H,8,14H2. The van der Waals surface area contributed by atoms with Crippen molar-refractivity contribution >= 4 is 32.8 Å².